The molecule has 0 aliphatic carbocycles. The lowest BCUT2D eigenvalue weighted by Crippen LogP contribution is -2.54. The van der Waals surface area contributed by atoms with Gasteiger partial charge in [0.1, 0.15) is 0 Å². The van der Waals surface area contributed by atoms with Gasteiger partial charge in [-0.25, -0.2) is 0 Å². The summed E-state index contributed by atoms with van der Waals surface area (Å²) in [6, 6.07) is 1.46. The predicted octanol–water partition coefficient (Wildman–Crippen LogP) is 2.10. The summed E-state index contributed by atoms with van der Waals surface area (Å²) in [7, 11) is 0. The molecule has 1 aliphatic rings. The number of nitrogens with zero attached hydrogens (tertiary/aromatic N) is 1. The minimum Gasteiger partial charge on any atom is -0.314 e. The van der Waals surface area contributed by atoms with Gasteiger partial charge in [-0.05, 0) is 19.8 Å². The van der Waals surface area contributed by atoms with Crippen LogP contribution in [0.25, 0.3) is 0 Å². The fourth-order valence-corrected chi connectivity index (χ4v) is 2.70. The molecule has 2 heteroatoms. The highest BCUT2D eigenvalue weighted by Crippen LogP contribution is 2.20. The minimum absolute atomic E-state index is 0.708. The van der Waals surface area contributed by atoms with Gasteiger partial charge >= 0.3 is 0 Å². The van der Waals surface area contributed by atoms with Gasteiger partial charge in [0.05, 0.1) is 0 Å². The van der Waals surface area contributed by atoms with Gasteiger partial charge in [0.15, 0.2) is 0 Å². The SMILES string of the molecule is CCC(CC)C(C)N1CCNCC1C. The summed E-state index contributed by atoms with van der Waals surface area (Å²) in [4.78, 5) is 2.67. The molecule has 84 valence electrons. The molecule has 0 aromatic rings. The number of nitrogens with one attached hydrogen (secondary N) is 1. The lowest BCUT2D eigenvalue weighted by atomic mass is 9.93. The molecule has 14 heavy (non-hydrogen) atoms. The van der Waals surface area contributed by atoms with Crippen molar-refractivity contribution in [1.29, 1.82) is 0 Å². The van der Waals surface area contributed by atoms with E-state index in [4.69, 9.17) is 0 Å². The molecule has 1 aliphatic heterocycles. The highest BCUT2D eigenvalue weighted by Gasteiger charge is 2.26. The summed E-state index contributed by atoms with van der Waals surface area (Å²) in [5, 5.41) is 3.45. The Morgan fingerprint density at radius 2 is 2.00 bits per heavy atom. The zero-order valence-corrected chi connectivity index (χ0v) is 10.2. The highest BCUT2D eigenvalue weighted by atomic mass is 15.2. The van der Waals surface area contributed by atoms with Gasteiger partial charge in [-0.1, -0.05) is 26.7 Å². The summed E-state index contributed by atoms with van der Waals surface area (Å²) in [5.41, 5.74) is 0. The van der Waals surface area contributed by atoms with Gasteiger partial charge in [-0.15, -0.1) is 0 Å². The number of hydrogen-bond donors (Lipinski definition) is 1. The summed E-state index contributed by atoms with van der Waals surface area (Å²) >= 11 is 0. The molecule has 0 bridgehead atoms. The normalized spacial score (nSPS) is 26.8. The Labute approximate surface area is 89.1 Å². The fourth-order valence-electron chi connectivity index (χ4n) is 2.70. The van der Waals surface area contributed by atoms with Crippen molar-refractivity contribution in [3.63, 3.8) is 0 Å². The van der Waals surface area contributed by atoms with Crippen molar-refractivity contribution in [2.45, 2.75) is 52.6 Å². The molecule has 1 N–H and O–H groups in total. The predicted molar refractivity (Wildman–Crippen MR) is 62.6 cm³/mol. The van der Waals surface area contributed by atoms with Crippen molar-refractivity contribution in [2.24, 2.45) is 5.92 Å². The molecule has 0 radical (unpaired) electrons. The van der Waals surface area contributed by atoms with Crippen molar-refractivity contribution in [1.82, 2.24) is 10.2 Å². The third kappa shape index (κ3) is 2.71. The molecular weight excluding hydrogens is 172 g/mol. The van der Waals surface area contributed by atoms with Gasteiger partial charge in [-0.2, -0.15) is 0 Å². The molecule has 2 nitrogen and oxygen atoms in total. The zero-order valence-electron chi connectivity index (χ0n) is 10.2. The summed E-state index contributed by atoms with van der Waals surface area (Å²) in [5.74, 6) is 0.871. The molecule has 2 unspecified atom stereocenters. The van der Waals surface area contributed by atoms with Crippen LogP contribution in [0.4, 0.5) is 0 Å². The van der Waals surface area contributed by atoms with Crippen LogP contribution in [0.2, 0.25) is 0 Å². The largest absolute Gasteiger partial charge is 0.314 e. The van der Waals surface area contributed by atoms with Crippen LogP contribution in [0.15, 0.2) is 0 Å². The van der Waals surface area contributed by atoms with Crippen molar-refractivity contribution in [2.75, 3.05) is 19.6 Å². The van der Waals surface area contributed by atoms with E-state index in [9.17, 15) is 0 Å². The van der Waals surface area contributed by atoms with E-state index >= 15 is 0 Å². The van der Waals surface area contributed by atoms with Crippen molar-refractivity contribution in [3.05, 3.63) is 0 Å². The van der Waals surface area contributed by atoms with Gasteiger partial charge in [0, 0.05) is 31.7 Å². The quantitative estimate of drug-likeness (QED) is 0.744. The maximum absolute atomic E-state index is 3.45. The number of piperazine rings is 1. The van der Waals surface area contributed by atoms with Gasteiger partial charge in [0.2, 0.25) is 0 Å². The molecule has 2 atom stereocenters. The van der Waals surface area contributed by atoms with E-state index in [1.165, 1.54) is 19.4 Å². The van der Waals surface area contributed by atoms with E-state index in [2.05, 4.69) is 37.9 Å². The Hall–Kier alpha value is -0.0800. The second kappa shape index (κ2) is 5.72. The monoisotopic (exact) mass is 198 g/mol. The lowest BCUT2D eigenvalue weighted by Gasteiger charge is -2.41. The lowest BCUT2D eigenvalue weighted by molar-refractivity contribution is 0.0857. The molecule has 1 rings (SSSR count). The first-order valence-electron chi connectivity index (χ1n) is 6.17. The first-order chi connectivity index (χ1) is 6.70. The average Bonchev–Trinajstić information content (AvgIpc) is 2.20. The molecule has 0 aromatic carbocycles. The Bertz CT molecular complexity index is 154. The van der Waals surface area contributed by atoms with Crippen molar-refractivity contribution in [3.8, 4) is 0 Å². The minimum atomic E-state index is 0.708. The molecule has 0 spiro atoms. The second-order valence-electron chi connectivity index (χ2n) is 4.61. The summed E-state index contributed by atoms with van der Waals surface area (Å²) in [6.07, 6.45) is 2.63. The van der Waals surface area contributed by atoms with Gasteiger partial charge < -0.3 is 5.32 Å². The van der Waals surface area contributed by atoms with Crippen LogP contribution < -0.4 is 5.32 Å². The summed E-state index contributed by atoms with van der Waals surface area (Å²) < 4.78 is 0. The summed E-state index contributed by atoms with van der Waals surface area (Å²) in [6.45, 7) is 12.9. The molecule has 1 heterocycles. The van der Waals surface area contributed by atoms with E-state index in [0.717, 1.165) is 25.0 Å². The maximum Gasteiger partial charge on any atom is 0.0195 e. The Morgan fingerprint density at radius 1 is 1.36 bits per heavy atom. The molecule has 0 saturated carbocycles. The third-order valence-electron chi connectivity index (χ3n) is 3.81. The molecule has 0 aromatic heterocycles. The van der Waals surface area contributed by atoms with Crippen LogP contribution in [0, 0.1) is 5.92 Å². The van der Waals surface area contributed by atoms with Crippen molar-refractivity contribution >= 4 is 0 Å². The van der Waals surface area contributed by atoms with Gasteiger partial charge in [0.25, 0.3) is 0 Å². The van der Waals surface area contributed by atoms with Crippen molar-refractivity contribution < 1.29 is 0 Å². The maximum atomic E-state index is 3.45. The Morgan fingerprint density at radius 3 is 2.50 bits per heavy atom. The zero-order chi connectivity index (χ0) is 10.6. The van der Waals surface area contributed by atoms with E-state index in [1.807, 2.05) is 0 Å². The van der Waals surface area contributed by atoms with Crippen LogP contribution in [0.1, 0.15) is 40.5 Å². The molecule has 1 saturated heterocycles. The molecular formula is C12H26N2. The average molecular weight is 198 g/mol. The van der Waals surface area contributed by atoms with Crippen LogP contribution in [-0.4, -0.2) is 36.6 Å². The molecule has 1 fully saturated rings. The van der Waals surface area contributed by atoms with Crippen LogP contribution >= 0.6 is 0 Å². The standard InChI is InChI=1S/C12H26N2/c1-5-12(6-2)11(4)14-8-7-13-9-10(14)3/h10-13H,5-9H2,1-4H3. The highest BCUT2D eigenvalue weighted by molar-refractivity contribution is 4.83. The first-order valence-corrected chi connectivity index (χ1v) is 6.17. The Kier molecular flexibility index (Phi) is 4.90. The van der Waals surface area contributed by atoms with E-state index in [0.29, 0.717) is 6.04 Å². The topological polar surface area (TPSA) is 15.3 Å². The molecule has 0 amide bonds. The van der Waals surface area contributed by atoms with E-state index in [-0.39, 0.29) is 0 Å². The van der Waals surface area contributed by atoms with Crippen LogP contribution in [0.5, 0.6) is 0 Å². The Balaban J connectivity index is 2.52. The second-order valence-corrected chi connectivity index (χ2v) is 4.61. The third-order valence-corrected chi connectivity index (χ3v) is 3.81. The van der Waals surface area contributed by atoms with Crippen LogP contribution in [-0.2, 0) is 0 Å². The number of hydrogen-bond acceptors (Lipinski definition) is 2. The smallest absolute Gasteiger partial charge is 0.0195 e. The first kappa shape index (κ1) is 12.0. The van der Waals surface area contributed by atoms with Crippen LogP contribution in [0.3, 0.4) is 0 Å². The number of rotatable bonds is 4. The van der Waals surface area contributed by atoms with E-state index in [1.54, 1.807) is 0 Å². The fraction of sp³-hybridized carbons (Fsp3) is 1.00. The van der Waals surface area contributed by atoms with Gasteiger partial charge in [-0.3, -0.25) is 4.90 Å². The van der Waals surface area contributed by atoms with E-state index < -0.39 is 0 Å².